The number of nitrogens with zero attached hydrogens (tertiary/aromatic N) is 1. The Hall–Kier alpha value is -1.60. The van der Waals surface area contributed by atoms with Gasteiger partial charge in [0.25, 0.3) is 0 Å². The number of rotatable bonds is 8. The summed E-state index contributed by atoms with van der Waals surface area (Å²) in [5, 5.41) is 17.3. The second kappa shape index (κ2) is 7.75. The lowest BCUT2D eigenvalue weighted by Gasteiger charge is -2.18. The van der Waals surface area contributed by atoms with E-state index < -0.39 is 11.9 Å². The first-order valence-corrected chi connectivity index (χ1v) is 6.31. The number of carboxylic acids is 2. The molecule has 0 aliphatic heterocycles. The second-order valence-electron chi connectivity index (χ2n) is 3.80. The number of benzene rings is 1. The molecule has 0 bridgehead atoms. The van der Waals surface area contributed by atoms with Crippen LogP contribution < -0.4 is 4.74 Å². The van der Waals surface area contributed by atoms with Crippen LogP contribution in [-0.2, 0) is 9.59 Å². The molecule has 1 aromatic rings. The summed E-state index contributed by atoms with van der Waals surface area (Å²) in [6.45, 7) is -0.192. The molecule has 0 fully saturated rings. The molecule has 0 saturated heterocycles. The Morgan fingerprint density at radius 2 is 1.63 bits per heavy atom. The fourth-order valence-corrected chi connectivity index (χ4v) is 1.68. The Bertz CT molecular complexity index is 418. The van der Waals surface area contributed by atoms with E-state index >= 15 is 0 Å². The van der Waals surface area contributed by atoms with Gasteiger partial charge in [-0.3, -0.25) is 14.5 Å². The quantitative estimate of drug-likeness (QED) is 0.746. The molecule has 0 aliphatic carbocycles. The van der Waals surface area contributed by atoms with Crippen molar-refractivity contribution in [1.29, 1.82) is 0 Å². The van der Waals surface area contributed by atoms with Gasteiger partial charge in [-0.2, -0.15) is 0 Å². The fraction of sp³-hybridized carbons (Fsp3) is 0.333. The zero-order chi connectivity index (χ0) is 14.3. The first kappa shape index (κ1) is 15.5. The molecule has 0 saturated carbocycles. The third-order valence-electron chi connectivity index (χ3n) is 2.21. The highest BCUT2D eigenvalue weighted by Gasteiger charge is 2.13. The van der Waals surface area contributed by atoms with Crippen molar-refractivity contribution in [1.82, 2.24) is 4.90 Å². The largest absolute Gasteiger partial charge is 0.492 e. The third-order valence-corrected chi connectivity index (χ3v) is 2.74. The number of halogens is 1. The minimum atomic E-state index is -1.06. The van der Waals surface area contributed by atoms with Gasteiger partial charge in [-0.1, -0.05) is 15.9 Å². The smallest absolute Gasteiger partial charge is 0.317 e. The monoisotopic (exact) mass is 331 g/mol. The SMILES string of the molecule is O=C(O)CN(CCOc1ccc(Br)cc1)CC(=O)O. The number of aliphatic carboxylic acids is 2. The maximum Gasteiger partial charge on any atom is 0.317 e. The molecule has 0 radical (unpaired) electrons. The van der Waals surface area contributed by atoms with E-state index in [2.05, 4.69) is 15.9 Å². The Balaban J connectivity index is 2.40. The van der Waals surface area contributed by atoms with Crippen LogP contribution >= 0.6 is 15.9 Å². The average Bonchev–Trinajstić information content (AvgIpc) is 2.30. The van der Waals surface area contributed by atoms with Gasteiger partial charge in [-0.15, -0.1) is 0 Å². The summed E-state index contributed by atoms with van der Waals surface area (Å²) in [4.78, 5) is 22.5. The summed E-state index contributed by atoms with van der Waals surface area (Å²) in [7, 11) is 0. The molecular weight excluding hydrogens is 318 g/mol. The number of hydrogen-bond donors (Lipinski definition) is 2. The Kier molecular flexibility index (Phi) is 6.31. The molecule has 0 aliphatic rings. The second-order valence-corrected chi connectivity index (χ2v) is 4.72. The van der Waals surface area contributed by atoms with Crippen molar-refractivity contribution < 1.29 is 24.5 Å². The van der Waals surface area contributed by atoms with Crippen LogP contribution in [0.4, 0.5) is 0 Å². The molecule has 1 aromatic carbocycles. The van der Waals surface area contributed by atoms with E-state index in [9.17, 15) is 9.59 Å². The van der Waals surface area contributed by atoms with Gasteiger partial charge in [0.2, 0.25) is 0 Å². The predicted octanol–water partition coefficient (Wildman–Crippen LogP) is 1.30. The highest BCUT2D eigenvalue weighted by molar-refractivity contribution is 9.10. The molecule has 0 aromatic heterocycles. The first-order valence-electron chi connectivity index (χ1n) is 5.51. The molecule has 0 heterocycles. The molecule has 6 nitrogen and oxygen atoms in total. The van der Waals surface area contributed by atoms with E-state index in [1.807, 2.05) is 12.1 Å². The summed E-state index contributed by atoms with van der Waals surface area (Å²) in [6, 6.07) is 7.18. The normalized spacial score (nSPS) is 10.4. The summed E-state index contributed by atoms with van der Waals surface area (Å²) >= 11 is 3.30. The van der Waals surface area contributed by atoms with E-state index in [1.165, 1.54) is 4.90 Å². The van der Waals surface area contributed by atoms with E-state index in [-0.39, 0.29) is 26.2 Å². The molecule has 1 rings (SSSR count). The molecule has 0 unspecified atom stereocenters. The molecule has 19 heavy (non-hydrogen) atoms. The van der Waals surface area contributed by atoms with Gasteiger partial charge >= 0.3 is 11.9 Å². The maximum atomic E-state index is 10.6. The minimum absolute atomic E-state index is 0.224. The molecule has 0 spiro atoms. The number of carboxylic acid groups (broad SMARTS) is 2. The average molecular weight is 332 g/mol. The topological polar surface area (TPSA) is 87.1 Å². The van der Waals surface area contributed by atoms with Crippen LogP contribution in [-0.4, -0.2) is 53.3 Å². The van der Waals surface area contributed by atoms with Crippen LogP contribution in [0.3, 0.4) is 0 Å². The van der Waals surface area contributed by atoms with Crippen LogP contribution in [0.25, 0.3) is 0 Å². The molecule has 0 atom stereocenters. The Morgan fingerprint density at radius 1 is 1.11 bits per heavy atom. The first-order chi connectivity index (χ1) is 8.97. The van der Waals surface area contributed by atoms with Crippen molar-refractivity contribution in [3.63, 3.8) is 0 Å². The number of ether oxygens (including phenoxy) is 1. The van der Waals surface area contributed by atoms with Crippen LogP contribution in [0.2, 0.25) is 0 Å². The summed E-state index contributed by atoms with van der Waals surface area (Å²) in [5.41, 5.74) is 0. The maximum absolute atomic E-state index is 10.6. The zero-order valence-electron chi connectivity index (χ0n) is 10.1. The minimum Gasteiger partial charge on any atom is -0.492 e. The fourth-order valence-electron chi connectivity index (χ4n) is 1.42. The van der Waals surface area contributed by atoms with Crippen molar-refractivity contribution in [2.45, 2.75) is 0 Å². The van der Waals surface area contributed by atoms with E-state index in [1.54, 1.807) is 12.1 Å². The standard InChI is InChI=1S/C12H14BrNO5/c13-9-1-3-10(4-2-9)19-6-5-14(7-11(15)16)8-12(17)18/h1-4H,5-8H2,(H,15,16)(H,17,18). The van der Waals surface area contributed by atoms with Gasteiger partial charge in [0.05, 0.1) is 13.1 Å². The lowest BCUT2D eigenvalue weighted by atomic mass is 10.3. The van der Waals surface area contributed by atoms with Gasteiger partial charge in [0.15, 0.2) is 0 Å². The van der Waals surface area contributed by atoms with E-state index in [4.69, 9.17) is 14.9 Å². The third kappa shape index (κ3) is 6.78. The lowest BCUT2D eigenvalue weighted by molar-refractivity contribution is -0.141. The van der Waals surface area contributed by atoms with Crippen LogP contribution in [0, 0.1) is 0 Å². The molecular formula is C12H14BrNO5. The highest BCUT2D eigenvalue weighted by atomic mass is 79.9. The Morgan fingerprint density at radius 3 is 2.11 bits per heavy atom. The van der Waals surface area contributed by atoms with Gasteiger partial charge in [0.1, 0.15) is 12.4 Å². The van der Waals surface area contributed by atoms with Crippen molar-refractivity contribution >= 4 is 27.9 Å². The van der Waals surface area contributed by atoms with Crippen LogP contribution in [0.5, 0.6) is 5.75 Å². The predicted molar refractivity (Wildman–Crippen MR) is 71.3 cm³/mol. The number of hydrogen-bond acceptors (Lipinski definition) is 4. The highest BCUT2D eigenvalue weighted by Crippen LogP contribution is 2.15. The summed E-state index contributed by atoms with van der Waals surface area (Å²) in [6.07, 6.45) is 0. The molecule has 2 N–H and O–H groups in total. The van der Waals surface area contributed by atoms with E-state index in [0.29, 0.717) is 5.75 Å². The molecule has 7 heteroatoms. The van der Waals surface area contributed by atoms with Gasteiger partial charge in [-0.05, 0) is 24.3 Å². The molecule has 104 valence electrons. The summed E-state index contributed by atoms with van der Waals surface area (Å²) in [5.74, 6) is -1.48. The van der Waals surface area contributed by atoms with Crippen molar-refractivity contribution in [2.24, 2.45) is 0 Å². The lowest BCUT2D eigenvalue weighted by Crippen LogP contribution is -2.37. The summed E-state index contributed by atoms with van der Waals surface area (Å²) < 4.78 is 6.34. The number of carbonyl (C=O) groups is 2. The molecule has 0 amide bonds. The van der Waals surface area contributed by atoms with Crippen molar-refractivity contribution in [2.75, 3.05) is 26.2 Å². The van der Waals surface area contributed by atoms with Gasteiger partial charge < -0.3 is 14.9 Å². The van der Waals surface area contributed by atoms with Gasteiger partial charge in [0, 0.05) is 11.0 Å². The Labute approximate surface area is 118 Å². The van der Waals surface area contributed by atoms with E-state index in [0.717, 1.165) is 4.47 Å². The van der Waals surface area contributed by atoms with Crippen LogP contribution in [0.1, 0.15) is 0 Å². The van der Waals surface area contributed by atoms with Crippen LogP contribution in [0.15, 0.2) is 28.7 Å². The van der Waals surface area contributed by atoms with Crippen molar-refractivity contribution in [3.05, 3.63) is 28.7 Å². The van der Waals surface area contributed by atoms with Crippen molar-refractivity contribution in [3.8, 4) is 5.75 Å². The van der Waals surface area contributed by atoms with Gasteiger partial charge in [-0.25, -0.2) is 0 Å². The zero-order valence-corrected chi connectivity index (χ0v) is 11.7.